The number of amides is 2. The van der Waals surface area contributed by atoms with Gasteiger partial charge in [0.15, 0.2) is 5.82 Å². The lowest BCUT2D eigenvalue weighted by Crippen LogP contribution is -2.36. The van der Waals surface area contributed by atoms with Crippen LogP contribution in [0.2, 0.25) is 0 Å². The van der Waals surface area contributed by atoms with Crippen molar-refractivity contribution < 1.29 is 22.7 Å². The van der Waals surface area contributed by atoms with Crippen LogP contribution in [0.3, 0.4) is 0 Å². The molecule has 4 rings (SSSR count). The van der Waals surface area contributed by atoms with Crippen LogP contribution in [0, 0.1) is 0 Å². The number of hydrogen-bond acceptors (Lipinski definition) is 6. The second-order valence-corrected chi connectivity index (χ2v) is 6.94. The first-order valence-corrected chi connectivity index (χ1v) is 9.73. The number of methoxy groups -OCH3 is 1. The van der Waals surface area contributed by atoms with Gasteiger partial charge in [-0.2, -0.15) is 18.2 Å². The number of ether oxygens (including phenoxy) is 1. The van der Waals surface area contributed by atoms with E-state index < -0.39 is 17.8 Å². The molecule has 1 aromatic carbocycles. The number of rotatable bonds is 3. The number of hydrogen-bond donors (Lipinski definition) is 2. The van der Waals surface area contributed by atoms with E-state index in [0.29, 0.717) is 42.3 Å². The molecule has 32 heavy (non-hydrogen) atoms. The van der Waals surface area contributed by atoms with Crippen molar-refractivity contribution in [2.24, 2.45) is 0 Å². The van der Waals surface area contributed by atoms with E-state index in [1.165, 1.54) is 30.3 Å². The lowest BCUT2D eigenvalue weighted by Gasteiger charge is -2.22. The molecule has 0 saturated carbocycles. The topological polar surface area (TPSA) is 92.3 Å². The van der Waals surface area contributed by atoms with Crippen molar-refractivity contribution in [2.75, 3.05) is 35.7 Å². The van der Waals surface area contributed by atoms with Gasteiger partial charge in [0.25, 0.3) is 0 Å². The molecule has 8 nitrogen and oxygen atoms in total. The Labute approximate surface area is 181 Å². The van der Waals surface area contributed by atoms with Gasteiger partial charge in [-0.15, -0.1) is 0 Å². The van der Waals surface area contributed by atoms with Crippen LogP contribution in [0.4, 0.5) is 35.3 Å². The summed E-state index contributed by atoms with van der Waals surface area (Å²) in [5, 5.41) is 5.88. The Bertz CT molecular complexity index is 1140. The number of fused-ring (bicyclic) bond motifs is 1. The predicted octanol–water partition coefficient (Wildman–Crippen LogP) is 4.42. The SMILES string of the molecule is COc1nccc(NC(=O)N2CCCNc3ccc(-c4cccc(C(F)(F)F)c4)nc32)n1. The van der Waals surface area contributed by atoms with E-state index in [1.54, 1.807) is 18.2 Å². The summed E-state index contributed by atoms with van der Waals surface area (Å²) in [5.74, 6) is 0.561. The van der Waals surface area contributed by atoms with E-state index in [0.717, 1.165) is 12.1 Å². The highest BCUT2D eigenvalue weighted by Gasteiger charge is 2.31. The zero-order valence-corrected chi connectivity index (χ0v) is 17.0. The Morgan fingerprint density at radius 3 is 2.81 bits per heavy atom. The fourth-order valence-electron chi connectivity index (χ4n) is 3.26. The molecule has 2 N–H and O–H groups in total. The summed E-state index contributed by atoms with van der Waals surface area (Å²) in [7, 11) is 1.41. The molecule has 0 aliphatic carbocycles. The highest BCUT2D eigenvalue weighted by atomic mass is 19.4. The molecule has 0 atom stereocenters. The van der Waals surface area contributed by atoms with Crippen LogP contribution >= 0.6 is 0 Å². The molecule has 1 aliphatic rings. The van der Waals surface area contributed by atoms with E-state index in [2.05, 4.69) is 25.6 Å². The largest absolute Gasteiger partial charge is 0.467 e. The van der Waals surface area contributed by atoms with E-state index in [4.69, 9.17) is 4.74 Å². The third-order valence-electron chi connectivity index (χ3n) is 4.79. The third kappa shape index (κ3) is 4.56. The molecule has 0 spiro atoms. The number of benzene rings is 1. The predicted molar refractivity (Wildman–Crippen MR) is 113 cm³/mol. The molecule has 3 aromatic rings. The number of anilines is 3. The van der Waals surface area contributed by atoms with Crippen molar-refractivity contribution in [2.45, 2.75) is 12.6 Å². The van der Waals surface area contributed by atoms with Gasteiger partial charge in [-0.3, -0.25) is 10.2 Å². The molecule has 0 radical (unpaired) electrons. The molecule has 0 saturated heterocycles. The summed E-state index contributed by atoms with van der Waals surface area (Å²) in [4.78, 5) is 26.9. The van der Waals surface area contributed by atoms with Crippen molar-refractivity contribution >= 4 is 23.4 Å². The second-order valence-electron chi connectivity index (χ2n) is 6.94. The van der Waals surface area contributed by atoms with Gasteiger partial charge in [0, 0.05) is 24.8 Å². The molecule has 11 heteroatoms. The van der Waals surface area contributed by atoms with Crippen molar-refractivity contribution in [1.29, 1.82) is 0 Å². The van der Waals surface area contributed by atoms with Crippen LogP contribution in [0.1, 0.15) is 12.0 Å². The summed E-state index contributed by atoms with van der Waals surface area (Å²) in [6, 6.07) is 9.39. The maximum atomic E-state index is 13.1. The van der Waals surface area contributed by atoms with Gasteiger partial charge >= 0.3 is 18.2 Å². The van der Waals surface area contributed by atoms with Gasteiger partial charge < -0.3 is 10.1 Å². The molecule has 166 valence electrons. The standard InChI is InChI=1S/C21H19F3N6O2/c1-32-19-26-10-8-17(28-19)29-20(31)30-11-3-9-25-16-7-6-15(27-18(16)30)13-4-2-5-14(12-13)21(22,23)24/h2,4-8,10,12,25H,3,9,11H2,1H3,(H,26,28,29,31). The summed E-state index contributed by atoms with van der Waals surface area (Å²) in [5.41, 5.74) is 0.457. The van der Waals surface area contributed by atoms with Crippen molar-refractivity contribution in [3.8, 4) is 17.3 Å². The monoisotopic (exact) mass is 444 g/mol. The molecule has 3 heterocycles. The first-order chi connectivity index (χ1) is 15.3. The van der Waals surface area contributed by atoms with Crippen LogP contribution < -0.4 is 20.3 Å². The third-order valence-corrected chi connectivity index (χ3v) is 4.79. The lowest BCUT2D eigenvalue weighted by atomic mass is 10.1. The Morgan fingerprint density at radius 2 is 2.03 bits per heavy atom. The number of alkyl halides is 3. The summed E-state index contributed by atoms with van der Waals surface area (Å²) in [6.07, 6.45) is -2.37. The average molecular weight is 444 g/mol. The van der Waals surface area contributed by atoms with Crippen molar-refractivity contribution in [3.63, 3.8) is 0 Å². The van der Waals surface area contributed by atoms with Gasteiger partial charge in [-0.25, -0.2) is 14.8 Å². The quantitative estimate of drug-likeness (QED) is 0.621. The summed E-state index contributed by atoms with van der Waals surface area (Å²) in [6.45, 7) is 0.968. The highest BCUT2D eigenvalue weighted by Crippen LogP contribution is 2.34. The minimum Gasteiger partial charge on any atom is -0.467 e. The Balaban J connectivity index is 1.67. The number of nitrogens with zero attached hydrogens (tertiary/aromatic N) is 4. The summed E-state index contributed by atoms with van der Waals surface area (Å²) < 4.78 is 44.4. The number of carbonyl (C=O) groups is 1. The lowest BCUT2D eigenvalue weighted by molar-refractivity contribution is -0.137. The number of nitrogens with one attached hydrogen (secondary N) is 2. The summed E-state index contributed by atoms with van der Waals surface area (Å²) >= 11 is 0. The van der Waals surface area contributed by atoms with Crippen LogP contribution in [0.5, 0.6) is 6.01 Å². The van der Waals surface area contributed by atoms with Gasteiger partial charge in [0.05, 0.1) is 24.1 Å². The fourth-order valence-corrected chi connectivity index (χ4v) is 3.26. The molecular weight excluding hydrogens is 425 g/mol. The number of urea groups is 1. The van der Waals surface area contributed by atoms with Crippen LogP contribution in [0.15, 0.2) is 48.7 Å². The smallest absolute Gasteiger partial charge is 0.416 e. The first kappa shape index (κ1) is 21.3. The molecule has 2 aromatic heterocycles. The van der Waals surface area contributed by atoms with Crippen molar-refractivity contribution in [1.82, 2.24) is 15.0 Å². The van der Waals surface area contributed by atoms with E-state index >= 15 is 0 Å². The van der Waals surface area contributed by atoms with Crippen LogP contribution in [0.25, 0.3) is 11.3 Å². The normalized spacial score (nSPS) is 13.6. The fraction of sp³-hybridized carbons (Fsp3) is 0.238. The molecule has 0 unspecified atom stereocenters. The number of pyridine rings is 1. The second kappa shape index (κ2) is 8.69. The molecule has 2 amide bonds. The van der Waals surface area contributed by atoms with Crippen LogP contribution in [-0.2, 0) is 6.18 Å². The van der Waals surface area contributed by atoms with Gasteiger partial charge in [-0.1, -0.05) is 12.1 Å². The Hall–Kier alpha value is -3.89. The van der Waals surface area contributed by atoms with Crippen LogP contribution in [-0.4, -0.2) is 41.2 Å². The molecular formula is C21H19F3N6O2. The molecule has 1 aliphatic heterocycles. The number of halogens is 3. The maximum absolute atomic E-state index is 13.1. The van der Waals surface area contributed by atoms with Gasteiger partial charge in [0.1, 0.15) is 5.82 Å². The molecule has 0 bridgehead atoms. The molecule has 0 fully saturated rings. The Kier molecular flexibility index (Phi) is 5.80. The number of carbonyl (C=O) groups excluding carboxylic acids is 1. The number of aromatic nitrogens is 3. The zero-order chi connectivity index (χ0) is 22.7. The van der Waals surface area contributed by atoms with E-state index in [9.17, 15) is 18.0 Å². The van der Waals surface area contributed by atoms with E-state index in [-0.39, 0.29) is 11.8 Å². The zero-order valence-electron chi connectivity index (χ0n) is 17.0. The highest BCUT2D eigenvalue weighted by molar-refractivity contribution is 6.02. The van der Waals surface area contributed by atoms with Crippen molar-refractivity contribution in [3.05, 3.63) is 54.2 Å². The first-order valence-electron chi connectivity index (χ1n) is 9.73. The Morgan fingerprint density at radius 1 is 1.19 bits per heavy atom. The average Bonchev–Trinajstić information content (AvgIpc) is 3.01. The van der Waals surface area contributed by atoms with Gasteiger partial charge in [-0.05, 0) is 36.8 Å². The minimum absolute atomic E-state index is 0.102. The van der Waals surface area contributed by atoms with Gasteiger partial charge in [0.2, 0.25) is 0 Å². The van der Waals surface area contributed by atoms with E-state index in [1.807, 2.05) is 0 Å². The maximum Gasteiger partial charge on any atom is 0.416 e. The minimum atomic E-state index is -4.46.